The Morgan fingerprint density at radius 3 is 2.62 bits per heavy atom. The van der Waals surface area contributed by atoms with Gasteiger partial charge in [-0.25, -0.2) is 4.79 Å². The average molecular weight is 336 g/mol. The van der Waals surface area contributed by atoms with Crippen LogP contribution in [0.15, 0.2) is 24.3 Å². The zero-order valence-corrected chi connectivity index (χ0v) is 13.5. The Bertz CT molecular complexity index is 633. The average Bonchev–Trinajstić information content (AvgIpc) is 2.56. The van der Waals surface area contributed by atoms with Gasteiger partial charge in [0.1, 0.15) is 12.6 Å². The molecule has 0 saturated carbocycles. The number of aliphatic carboxylic acids is 1. The number of ether oxygens (including phenoxy) is 2. The highest BCUT2D eigenvalue weighted by molar-refractivity contribution is 5.87. The van der Waals surface area contributed by atoms with Crippen molar-refractivity contribution in [1.82, 2.24) is 10.2 Å². The van der Waals surface area contributed by atoms with Gasteiger partial charge in [0, 0.05) is 20.0 Å². The van der Waals surface area contributed by atoms with E-state index in [4.69, 9.17) is 9.47 Å². The molecule has 0 aromatic heterocycles. The zero-order valence-electron chi connectivity index (χ0n) is 13.5. The van der Waals surface area contributed by atoms with E-state index in [9.17, 15) is 19.5 Å². The summed E-state index contributed by atoms with van der Waals surface area (Å²) in [7, 11) is 0. The number of benzene rings is 1. The molecule has 8 nitrogen and oxygen atoms in total. The molecule has 0 radical (unpaired) electrons. The van der Waals surface area contributed by atoms with Gasteiger partial charge in [0.25, 0.3) is 5.91 Å². The molecular formula is C16H20N2O6. The van der Waals surface area contributed by atoms with Crippen LogP contribution in [0.5, 0.6) is 11.5 Å². The first kappa shape index (κ1) is 17.6. The van der Waals surface area contributed by atoms with E-state index in [-0.39, 0.29) is 25.6 Å². The summed E-state index contributed by atoms with van der Waals surface area (Å²) >= 11 is 0. The predicted molar refractivity (Wildman–Crippen MR) is 83.8 cm³/mol. The standard InChI is InChI=1S/C16H20N2O6/c1-10(16(21)22)18(8-7-17-11(2)19)15(20)14-9-23-12-5-3-4-6-13(12)24-14/h3-6,10,14H,7-9H2,1-2H3,(H,17,19)(H,21,22). The molecule has 2 unspecified atom stereocenters. The Balaban J connectivity index is 2.09. The van der Waals surface area contributed by atoms with Crippen molar-refractivity contribution in [3.05, 3.63) is 24.3 Å². The van der Waals surface area contributed by atoms with Crippen molar-refractivity contribution in [3.8, 4) is 11.5 Å². The van der Waals surface area contributed by atoms with Crippen LogP contribution in [0.25, 0.3) is 0 Å². The lowest BCUT2D eigenvalue weighted by Gasteiger charge is -2.32. The fraction of sp³-hybridized carbons (Fsp3) is 0.438. The highest BCUT2D eigenvalue weighted by Crippen LogP contribution is 2.31. The molecule has 8 heteroatoms. The second-order valence-electron chi connectivity index (χ2n) is 5.39. The quantitative estimate of drug-likeness (QED) is 0.772. The highest BCUT2D eigenvalue weighted by Gasteiger charge is 2.35. The van der Waals surface area contributed by atoms with Crippen molar-refractivity contribution >= 4 is 17.8 Å². The number of para-hydroxylation sites is 2. The number of carboxylic acid groups (broad SMARTS) is 1. The van der Waals surface area contributed by atoms with Crippen LogP contribution in [0.4, 0.5) is 0 Å². The number of amides is 2. The van der Waals surface area contributed by atoms with Crippen LogP contribution in [0, 0.1) is 0 Å². The van der Waals surface area contributed by atoms with Crippen LogP contribution in [-0.4, -0.2) is 59.6 Å². The van der Waals surface area contributed by atoms with E-state index in [1.165, 1.54) is 18.7 Å². The van der Waals surface area contributed by atoms with Crippen LogP contribution in [0.1, 0.15) is 13.8 Å². The maximum absolute atomic E-state index is 12.7. The molecule has 1 aromatic rings. The van der Waals surface area contributed by atoms with Gasteiger partial charge in [0.15, 0.2) is 11.5 Å². The minimum atomic E-state index is -1.14. The Labute approximate surface area is 139 Å². The SMILES string of the molecule is CC(=O)NCCN(C(=O)C1COc2ccccc2O1)C(C)C(=O)O. The first-order chi connectivity index (χ1) is 11.4. The summed E-state index contributed by atoms with van der Waals surface area (Å²) in [6.45, 7) is 2.97. The third kappa shape index (κ3) is 4.15. The Hall–Kier alpha value is -2.77. The maximum Gasteiger partial charge on any atom is 0.326 e. The Morgan fingerprint density at radius 2 is 2.00 bits per heavy atom. The highest BCUT2D eigenvalue weighted by atomic mass is 16.6. The lowest BCUT2D eigenvalue weighted by molar-refractivity contribution is -0.154. The van der Waals surface area contributed by atoms with Crippen molar-refractivity contribution in [2.24, 2.45) is 0 Å². The Kier molecular flexibility index (Phi) is 5.62. The molecule has 130 valence electrons. The van der Waals surface area contributed by atoms with Gasteiger partial charge < -0.3 is 24.8 Å². The molecule has 2 amide bonds. The summed E-state index contributed by atoms with van der Waals surface area (Å²) in [5.74, 6) is -0.908. The van der Waals surface area contributed by atoms with Gasteiger partial charge in [-0.15, -0.1) is 0 Å². The number of nitrogens with one attached hydrogen (secondary N) is 1. The van der Waals surface area contributed by atoms with Gasteiger partial charge in [-0.2, -0.15) is 0 Å². The molecule has 2 atom stereocenters. The lowest BCUT2D eigenvalue weighted by Crippen LogP contribution is -2.53. The summed E-state index contributed by atoms with van der Waals surface area (Å²) in [5, 5.41) is 11.8. The number of carboxylic acids is 1. The van der Waals surface area contributed by atoms with E-state index >= 15 is 0 Å². The fourth-order valence-corrected chi connectivity index (χ4v) is 2.31. The number of carbonyl (C=O) groups excluding carboxylic acids is 2. The molecule has 1 heterocycles. The number of nitrogens with zero attached hydrogens (tertiary/aromatic N) is 1. The van der Waals surface area contributed by atoms with Gasteiger partial charge in [0.05, 0.1) is 0 Å². The second kappa shape index (κ2) is 7.67. The van der Waals surface area contributed by atoms with Gasteiger partial charge in [-0.05, 0) is 19.1 Å². The monoisotopic (exact) mass is 336 g/mol. The number of rotatable bonds is 6. The molecule has 2 rings (SSSR count). The van der Waals surface area contributed by atoms with Crippen molar-refractivity contribution in [3.63, 3.8) is 0 Å². The molecular weight excluding hydrogens is 316 g/mol. The van der Waals surface area contributed by atoms with E-state index in [1.807, 2.05) is 0 Å². The van der Waals surface area contributed by atoms with Gasteiger partial charge >= 0.3 is 5.97 Å². The zero-order chi connectivity index (χ0) is 17.7. The summed E-state index contributed by atoms with van der Waals surface area (Å²) in [6, 6.07) is 5.90. The van der Waals surface area contributed by atoms with Crippen LogP contribution in [0.2, 0.25) is 0 Å². The molecule has 1 aliphatic rings. The molecule has 2 N–H and O–H groups in total. The van der Waals surface area contributed by atoms with E-state index in [1.54, 1.807) is 24.3 Å². The third-order valence-electron chi connectivity index (χ3n) is 3.62. The van der Waals surface area contributed by atoms with Crippen LogP contribution in [-0.2, 0) is 14.4 Å². The fourth-order valence-electron chi connectivity index (χ4n) is 2.31. The van der Waals surface area contributed by atoms with Crippen LogP contribution in [0.3, 0.4) is 0 Å². The molecule has 1 aliphatic heterocycles. The summed E-state index contributed by atoms with van der Waals surface area (Å²) in [6.07, 6.45) is -0.931. The van der Waals surface area contributed by atoms with Gasteiger partial charge in [0.2, 0.25) is 12.0 Å². The summed E-state index contributed by atoms with van der Waals surface area (Å²) < 4.78 is 11.1. The predicted octanol–water partition coefficient (Wildman–Crippen LogP) is 0.264. The van der Waals surface area contributed by atoms with Gasteiger partial charge in [-0.1, -0.05) is 12.1 Å². The van der Waals surface area contributed by atoms with Crippen molar-refractivity contribution in [2.45, 2.75) is 26.0 Å². The second-order valence-corrected chi connectivity index (χ2v) is 5.39. The Morgan fingerprint density at radius 1 is 1.33 bits per heavy atom. The molecule has 0 aliphatic carbocycles. The van der Waals surface area contributed by atoms with E-state index in [0.29, 0.717) is 11.5 Å². The molecule has 0 bridgehead atoms. The normalized spacial score (nSPS) is 16.8. The number of hydrogen-bond acceptors (Lipinski definition) is 5. The van der Waals surface area contributed by atoms with Crippen molar-refractivity contribution in [2.75, 3.05) is 19.7 Å². The topological polar surface area (TPSA) is 105 Å². The maximum atomic E-state index is 12.7. The molecule has 24 heavy (non-hydrogen) atoms. The molecule has 0 spiro atoms. The first-order valence-electron chi connectivity index (χ1n) is 7.56. The first-order valence-corrected chi connectivity index (χ1v) is 7.56. The van der Waals surface area contributed by atoms with E-state index in [2.05, 4.69) is 5.32 Å². The van der Waals surface area contributed by atoms with E-state index < -0.39 is 24.0 Å². The van der Waals surface area contributed by atoms with Crippen molar-refractivity contribution < 1.29 is 29.0 Å². The molecule has 0 saturated heterocycles. The molecule has 1 aromatic carbocycles. The van der Waals surface area contributed by atoms with Crippen LogP contribution >= 0.6 is 0 Å². The van der Waals surface area contributed by atoms with Crippen LogP contribution < -0.4 is 14.8 Å². The van der Waals surface area contributed by atoms with E-state index in [0.717, 1.165) is 0 Å². The number of hydrogen-bond donors (Lipinski definition) is 2. The third-order valence-corrected chi connectivity index (χ3v) is 3.62. The minimum absolute atomic E-state index is 0.00117. The smallest absolute Gasteiger partial charge is 0.326 e. The number of carbonyl (C=O) groups is 3. The van der Waals surface area contributed by atoms with Gasteiger partial charge in [-0.3, -0.25) is 9.59 Å². The largest absolute Gasteiger partial charge is 0.485 e. The summed E-state index contributed by atoms with van der Waals surface area (Å²) in [5.41, 5.74) is 0. The minimum Gasteiger partial charge on any atom is -0.485 e. The summed E-state index contributed by atoms with van der Waals surface area (Å²) in [4.78, 5) is 36.1. The lowest BCUT2D eigenvalue weighted by atomic mass is 10.2. The number of fused-ring (bicyclic) bond motifs is 1. The van der Waals surface area contributed by atoms with Crippen molar-refractivity contribution in [1.29, 1.82) is 0 Å². The molecule has 0 fully saturated rings.